The van der Waals surface area contributed by atoms with E-state index in [1.54, 1.807) is 6.92 Å². The first-order valence-electron chi connectivity index (χ1n) is 4.42. The van der Waals surface area contributed by atoms with E-state index in [4.69, 9.17) is 16.6 Å². The van der Waals surface area contributed by atoms with Crippen molar-refractivity contribution in [3.8, 4) is 12.3 Å². The zero-order valence-corrected chi connectivity index (χ0v) is 8.36. The minimum absolute atomic E-state index is 0.446. The number of carboxylic acid groups (broad SMARTS) is 1. The molecule has 0 spiro atoms. The maximum Gasteiger partial charge on any atom is 0.328 e. The van der Waals surface area contributed by atoms with Crippen LogP contribution in [0.15, 0.2) is 0 Å². The fourth-order valence-corrected chi connectivity index (χ4v) is 0.805. The molecule has 0 saturated heterocycles. The van der Waals surface area contributed by atoms with E-state index >= 15 is 0 Å². The van der Waals surface area contributed by atoms with Gasteiger partial charge in [0.05, 0.1) is 12.6 Å². The monoisotopic (exact) mass is 214 g/mol. The summed E-state index contributed by atoms with van der Waals surface area (Å²) in [4.78, 5) is 21.6. The standard InChI is InChI=1S/C9H14N2O4/c1-3-6(4-2)10-9(15)11-7(5-12)8(13)14/h1,6-7,12H,4-5H2,2H3,(H,13,14)(H2,10,11,15). The van der Waals surface area contributed by atoms with Crippen molar-refractivity contribution in [2.45, 2.75) is 25.4 Å². The molecule has 2 unspecified atom stereocenters. The number of aliphatic hydroxyl groups excluding tert-OH is 1. The van der Waals surface area contributed by atoms with Gasteiger partial charge in [0.15, 0.2) is 6.04 Å². The lowest BCUT2D eigenvalue weighted by Gasteiger charge is -2.15. The summed E-state index contributed by atoms with van der Waals surface area (Å²) >= 11 is 0. The topological polar surface area (TPSA) is 98.7 Å². The number of hydrogen-bond donors (Lipinski definition) is 4. The van der Waals surface area contributed by atoms with Gasteiger partial charge in [-0.15, -0.1) is 6.42 Å². The van der Waals surface area contributed by atoms with Crippen LogP contribution in [0.25, 0.3) is 0 Å². The van der Waals surface area contributed by atoms with Crippen molar-refractivity contribution in [1.29, 1.82) is 0 Å². The third-order valence-corrected chi connectivity index (χ3v) is 1.70. The van der Waals surface area contributed by atoms with E-state index in [9.17, 15) is 9.59 Å². The van der Waals surface area contributed by atoms with Crippen LogP contribution in [0.4, 0.5) is 4.79 Å². The Morgan fingerprint density at radius 3 is 2.40 bits per heavy atom. The number of aliphatic hydroxyl groups is 1. The normalized spacial score (nSPS) is 13.4. The van der Waals surface area contributed by atoms with Crippen molar-refractivity contribution >= 4 is 12.0 Å². The van der Waals surface area contributed by atoms with Crippen LogP contribution < -0.4 is 10.6 Å². The molecule has 6 heteroatoms. The van der Waals surface area contributed by atoms with E-state index in [1.165, 1.54) is 0 Å². The first-order valence-corrected chi connectivity index (χ1v) is 4.42. The molecule has 2 atom stereocenters. The third kappa shape index (κ3) is 4.88. The second-order valence-electron chi connectivity index (χ2n) is 2.82. The van der Waals surface area contributed by atoms with Crippen LogP contribution in [0.3, 0.4) is 0 Å². The van der Waals surface area contributed by atoms with Crippen LogP contribution in [0.5, 0.6) is 0 Å². The van der Waals surface area contributed by atoms with E-state index in [1.807, 2.05) is 0 Å². The molecule has 15 heavy (non-hydrogen) atoms. The van der Waals surface area contributed by atoms with Crippen LogP contribution in [-0.4, -0.2) is 40.9 Å². The molecule has 0 aromatic heterocycles. The molecule has 0 heterocycles. The Bertz CT molecular complexity index is 272. The van der Waals surface area contributed by atoms with Gasteiger partial charge in [-0.1, -0.05) is 12.8 Å². The Hall–Kier alpha value is -1.74. The summed E-state index contributed by atoms with van der Waals surface area (Å²) in [6, 6.07) is -2.47. The summed E-state index contributed by atoms with van der Waals surface area (Å²) in [6.45, 7) is 1.11. The Morgan fingerprint density at radius 1 is 1.47 bits per heavy atom. The first kappa shape index (κ1) is 13.3. The Morgan fingerprint density at radius 2 is 2.07 bits per heavy atom. The number of terminal acetylenes is 1. The van der Waals surface area contributed by atoms with Gasteiger partial charge in [-0.2, -0.15) is 0 Å². The number of rotatable bonds is 5. The Balaban J connectivity index is 4.13. The lowest BCUT2D eigenvalue weighted by molar-refractivity contribution is -0.140. The van der Waals surface area contributed by atoms with E-state index in [0.717, 1.165) is 0 Å². The van der Waals surface area contributed by atoms with Crippen molar-refractivity contribution < 1.29 is 19.8 Å². The van der Waals surface area contributed by atoms with Gasteiger partial charge in [-0.25, -0.2) is 9.59 Å². The fourth-order valence-electron chi connectivity index (χ4n) is 0.805. The number of nitrogens with one attached hydrogen (secondary N) is 2. The van der Waals surface area contributed by atoms with E-state index in [0.29, 0.717) is 6.42 Å². The van der Waals surface area contributed by atoms with E-state index in [2.05, 4.69) is 16.6 Å². The second-order valence-corrected chi connectivity index (χ2v) is 2.82. The van der Waals surface area contributed by atoms with Crippen LogP contribution in [0.1, 0.15) is 13.3 Å². The molecule has 0 bridgehead atoms. The van der Waals surface area contributed by atoms with Crippen LogP contribution in [0.2, 0.25) is 0 Å². The highest BCUT2D eigenvalue weighted by Crippen LogP contribution is 1.88. The largest absolute Gasteiger partial charge is 0.480 e. The average Bonchev–Trinajstić information content (AvgIpc) is 2.22. The number of aliphatic carboxylic acids is 1. The summed E-state index contributed by atoms with van der Waals surface area (Å²) in [5.41, 5.74) is 0. The molecule has 0 aliphatic rings. The van der Waals surface area contributed by atoms with Gasteiger partial charge in [0, 0.05) is 0 Å². The molecule has 0 radical (unpaired) electrons. The fraction of sp³-hybridized carbons (Fsp3) is 0.556. The number of carbonyl (C=O) groups is 2. The molecule has 0 saturated carbocycles. The minimum atomic E-state index is -1.32. The third-order valence-electron chi connectivity index (χ3n) is 1.70. The summed E-state index contributed by atoms with van der Waals surface area (Å²) in [5, 5.41) is 21.6. The summed E-state index contributed by atoms with van der Waals surface area (Å²) < 4.78 is 0. The highest BCUT2D eigenvalue weighted by molar-refractivity contribution is 5.82. The molecule has 2 amide bonds. The predicted molar refractivity (Wildman–Crippen MR) is 53.1 cm³/mol. The van der Waals surface area contributed by atoms with Crippen LogP contribution >= 0.6 is 0 Å². The van der Waals surface area contributed by atoms with Gasteiger partial charge in [-0.3, -0.25) is 0 Å². The lowest BCUT2D eigenvalue weighted by Crippen LogP contribution is -2.50. The Labute approximate surface area is 87.7 Å². The number of hydrogen-bond acceptors (Lipinski definition) is 3. The molecule has 0 rings (SSSR count). The highest BCUT2D eigenvalue weighted by Gasteiger charge is 2.19. The van der Waals surface area contributed by atoms with Gasteiger partial charge in [0.2, 0.25) is 0 Å². The molecule has 0 fully saturated rings. The lowest BCUT2D eigenvalue weighted by atomic mass is 10.2. The van der Waals surface area contributed by atoms with Crippen molar-refractivity contribution in [2.24, 2.45) is 0 Å². The maximum absolute atomic E-state index is 11.2. The summed E-state index contributed by atoms with van der Waals surface area (Å²) in [7, 11) is 0. The molecule has 6 nitrogen and oxygen atoms in total. The van der Waals surface area contributed by atoms with Crippen molar-refractivity contribution in [2.75, 3.05) is 6.61 Å². The molecule has 4 N–H and O–H groups in total. The molecular formula is C9H14N2O4. The molecular weight excluding hydrogens is 200 g/mol. The molecule has 0 aliphatic heterocycles. The maximum atomic E-state index is 11.2. The predicted octanol–water partition coefficient (Wildman–Crippen LogP) is -0.857. The van der Waals surface area contributed by atoms with Gasteiger partial charge < -0.3 is 20.8 Å². The van der Waals surface area contributed by atoms with Gasteiger partial charge >= 0.3 is 12.0 Å². The number of carbonyl (C=O) groups excluding carboxylic acids is 1. The molecule has 0 aliphatic carbocycles. The van der Waals surface area contributed by atoms with Gasteiger partial charge in [0.1, 0.15) is 0 Å². The molecule has 0 aromatic rings. The summed E-state index contributed by atoms with van der Waals surface area (Å²) in [6.07, 6.45) is 5.64. The SMILES string of the molecule is C#CC(CC)NC(=O)NC(CO)C(=O)O. The van der Waals surface area contributed by atoms with E-state index in [-0.39, 0.29) is 0 Å². The molecule has 0 aromatic carbocycles. The Kier molecular flexibility index (Phi) is 5.90. The van der Waals surface area contributed by atoms with Gasteiger partial charge in [0.25, 0.3) is 0 Å². The zero-order chi connectivity index (χ0) is 11.8. The smallest absolute Gasteiger partial charge is 0.328 e. The minimum Gasteiger partial charge on any atom is -0.480 e. The van der Waals surface area contributed by atoms with Crippen LogP contribution in [-0.2, 0) is 4.79 Å². The quantitative estimate of drug-likeness (QED) is 0.448. The number of amides is 2. The molecule has 84 valence electrons. The summed E-state index contributed by atoms with van der Waals surface area (Å²) in [5.74, 6) is 1.02. The highest BCUT2D eigenvalue weighted by atomic mass is 16.4. The number of carboxylic acids is 1. The van der Waals surface area contributed by atoms with Crippen molar-refractivity contribution in [1.82, 2.24) is 10.6 Å². The van der Waals surface area contributed by atoms with Gasteiger partial charge in [-0.05, 0) is 6.42 Å². The first-order chi connectivity index (χ1) is 7.04. The van der Waals surface area contributed by atoms with E-state index < -0.39 is 30.7 Å². The van der Waals surface area contributed by atoms with Crippen molar-refractivity contribution in [3.05, 3.63) is 0 Å². The van der Waals surface area contributed by atoms with Crippen LogP contribution in [0, 0.1) is 12.3 Å². The zero-order valence-electron chi connectivity index (χ0n) is 8.36. The second kappa shape index (κ2) is 6.68. The van der Waals surface area contributed by atoms with Crippen molar-refractivity contribution in [3.63, 3.8) is 0 Å². The average molecular weight is 214 g/mol. The number of urea groups is 1.